The first-order valence-corrected chi connectivity index (χ1v) is 6.52. The number of nitrogens with one attached hydrogen (secondary N) is 1. The lowest BCUT2D eigenvalue weighted by molar-refractivity contribution is 0.927. The van der Waals surface area contributed by atoms with Crippen molar-refractivity contribution in [3.8, 4) is 11.3 Å². The predicted molar refractivity (Wildman–Crippen MR) is 74.9 cm³/mol. The summed E-state index contributed by atoms with van der Waals surface area (Å²) in [7, 11) is 0. The van der Waals surface area contributed by atoms with E-state index < -0.39 is 0 Å². The van der Waals surface area contributed by atoms with E-state index in [0.717, 1.165) is 34.1 Å². The number of H-pyrrole nitrogens is 1. The first-order chi connectivity index (χ1) is 8.13. The molecule has 0 aliphatic rings. The maximum atomic E-state index is 5.89. The lowest BCUT2D eigenvalue weighted by Crippen LogP contribution is -1.93. The Bertz CT molecular complexity index is 531. The van der Waals surface area contributed by atoms with Gasteiger partial charge in [0.15, 0.2) is 0 Å². The molecule has 1 aromatic carbocycles. The second-order valence-corrected chi connectivity index (χ2v) is 5.05. The molecule has 90 valence electrons. The van der Waals surface area contributed by atoms with Gasteiger partial charge < -0.3 is 5.73 Å². The molecular formula is C13H16BrN3. The van der Waals surface area contributed by atoms with Gasteiger partial charge in [-0.25, -0.2) is 0 Å². The number of aromatic nitrogens is 2. The van der Waals surface area contributed by atoms with E-state index in [2.05, 4.69) is 58.2 Å². The Morgan fingerprint density at radius 1 is 1.41 bits per heavy atom. The van der Waals surface area contributed by atoms with Crippen LogP contribution in [0.2, 0.25) is 0 Å². The van der Waals surface area contributed by atoms with Crippen LogP contribution < -0.4 is 5.73 Å². The van der Waals surface area contributed by atoms with Crippen LogP contribution in [0.3, 0.4) is 0 Å². The number of hydrogen-bond donors (Lipinski definition) is 2. The fourth-order valence-electron chi connectivity index (χ4n) is 1.93. The summed E-state index contributed by atoms with van der Waals surface area (Å²) < 4.78 is 1.07. The van der Waals surface area contributed by atoms with Gasteiger partial charge in [-0.15, -0.1) is 0 Å². The monoisotopic (exact) mass is 293 g/mol. The molecule has 1 heterocycles. The van der Waals surface area contributed by atoms with Gasteiger partial charge in [0.1, 0.15) is 5.82 Å². The molecule has 1 aromatic heterocycles. The van der Waals surface area contributed by atoms with E-state index >= 15 is 0 Å². The Hall–Kier alpha value is -1.29. The first kappa shape index (κ1) is 12.2. The third-order valence-electron chi connectivity index (χ3n) is 2.79. The van der Waals surface area contributed by atoms with Crippen molar-refractivity contribution in [1.82, 2.24) is 10.2 Å². The third-order valence-corrected chi connectivity index (χ3v) is 3.45. The van der Waals surface area contributed by atoms with Gasteiger partial charge in [-0.1, -0.05) is 41.4 Å². The van der Waals surface area contributed by atoms with Crippen LogP contribution in [0.5, 0.6) is 0 Å². The molecule has 0 saturated carbocycles. The summed E-state index contributed by atoms with van der Waals surface area (Å²) in [5.41, 5.74) is 10.4. The fourth-order valence-corrected chi connectivity index (χ4v) is 2.62. The van der Waals surface area contributed by atoms with Crippen molar-refractivity contribution < 1.29 is 0 Å². The number of anilines is 1. The van der Waals surface area contributed by atoms with E-state index in [1.807, 2.05) is 0 Å². The molecule has 3 N–H and O–H groups in total. The Kier molecular flexibility index (Phi) is 3.52. The number of benzene rings is 1. The van der Waals surface area contributed by atoms with Gasteiger partial charge in [0, 0.05) is 15.6 Å². The third kappa shape index (κ3) is 2.36. The van der Waals surface area contributed by atoms with Crippen molar-refractivity contribution in [1.29, 1.82) is 0 Å². The van der Waals surface area contributed by atoms with Gasteiger partial charge >= 0.3 is 0 Å². The summed E-state index contributed by atoms with van der Waals surface area (Å²) in [6.07, 6.45) is 2.00. The number of nitrogen functional groups attached to an aromatic ring is 1. The largest absolute Gasteiger partial charge is 0.382 e. The number of nitrogens with zero attached hydrogens (tertiary/aromatic N) is 1. The van der Waals surface area contributed by atoms with E-state index in [4.69, 9.17) is 5.73 Å². The molecule has 2 rings (SSSR count). The second-order valence-electron chi connectivity index (χ2n) is 4.20. The van der Waals surface area contributed by atoms with Crippen LogP contribution in [0.25, 0.3) is 11.3 Å². The Morgan fingerprint density at radius 2 is 2.18 bits per heavy atom. The molecule has 0 atom stereocenters. The summed E-state index contributed by atoms with van der Waals surface area (Å²) in [5, 5.41) is 7.14. The number of aromatic amines is 1. The second kappa shape index (κ2) is 4.92. The standard InChI is InChI=1S/C13H16BrN3/c1-3-4-10-12(16-17-13(10)15)9-6-5-8(2)7-11(9)14/h5-7H,3-4H2,1-2H3,(H3,15,16,17). The SMILES string of the molecule is CCCc1c(N)n[nH]c1-c1ccc(C)cc1Br. The Labute approximate surface area is 110 Å². The minimum atomic E-state index is 0.606. The highest BCUT2D eigenvalue weighted by Crippen LogP contribution is 2.32. The predicted octanol–water partition coefficient (Wildman–Crippen LogP) is 3.68. The van der Waals surface area contributed by atoms with Crippen LogP contribution >= 0.6 is 15.9 Å². The van der Waals surface area contributed by atoms with Gasteiger partial charge in [0.25, 0.3) is 0 Å². The van der Waals surface area contributed by atoms with Crippen LogP contribution in [-0.2, 0) is 6.42 Å². The maximum Gasteiger partial charge on any atom is 0.149 e. The average molecular weight is 294 g/mol. The zero-order valence-corrected chi connectivity index (χ0v) is 11.6. The molecule has 17 heavy (non-hydrogen) atoms. The molecule has 0 radical (unpaired) electrons. The van der Waals surface area contributed by atoms with E-state index in [9.17, 15) is 0 Å². The number of halogens is 1. The van der Waals surface area contributed by atoms with E-state index in [1.54, 1.807) is 0 Å². The highest BCUT2D eigenvalue weighted by atomic mass is 79.9. The number of aryl methyl sites for hydroxylation is 1. The van der Waals surface area contributed by atoms with E-state index in [-0.39, 0.29) is 0 Å². The summed E-state index contributed by atoms with van der Waals surface area (Å²) in [4.78, 5) is 0. The van der Waals surface area contributed by atoms with Gasteiger partial charge in [0.05, 0.1) is 5.69 Å². The minimum Gasteiger partial charge on any atom is -0.382 e. The van der Waals surface area contributed by atoms with E-state index in [0.29, 0.717) is 5.82 Å². The fraction of sp³-hybridized carbons (Fsp3) is 0.308. The molecule has 0 saturated heterocycles. The average Bonchev–Trinajstić information content (AvgIpc) is 2.62. The van der Waals surface area contributed by atoms with Crippen LogP contribution in [0.1, 0.15) is 24.5 Å². The smallest absolute Gasteiger partial charge is 0.149 e. The Morgan fingerprint density at radius 3 is 2.82 bits per heavy atom. The highest BCUT2D eigenvalue weighted by Gasteiger charge is 2.13. The van der Waals surface area contributed by atoms with Crippen LogP contribution in [0, 0.1) is 6.92 Å². The summed E-state index contributed by atoms with van der Waals surface area (Å²) >= 11 is 3.59. The van der Waals surface area contributed by atoms with Crippen molar-refractivity contribution in [3.05, 3.63) is 33.8 Å². The normalized spacial score (nSPS) is 10.8. The number of rotatable bonds is 3. The summed E-state index contributed by atoms with van der Waals surface area (Å²) in [6.45, 7) is 4.21. The molecule has 3 nitrogen and oxygen atoms in total. The van der Waals surface area contributed by atoms with Crippen molar-refractivity contribution in [2.45, 2.75) is 26.7 Å². The minimum absolute atomic E-state index is 0.606. The van der Waals surface area contributed by atoms with Gasteiger partial charge in [-0.05, 0) is 25.0 Å². The molecule has 0 amide bonds. The topological polar surface area (TPSA) is 54.7 Å². The highest BCUT2D eigenvalue weighted by molar-refractivity contribution is 9.10. The quantitative estimate of drug-likeness (QED) is 0.907. The van der Waals surface area contributed by atoms with Crippen LogP contribution in [-0.4, -0.2) is 10.2 Å². The van der Waals surface area contributed by atoms with Crippen molar-refractivity contribution in [3.63, 3.8) is 0 Å². The van der Waals surface area contributed by atoms with Crippen molar-refractivity contribution in [2.75, 3.05) is 5.73 Å². The lowest BCUT2D eigenvalue weighted by atomic mass is 10.0. The van der Waals surface area contributed by atoms with Crippen molar-refractivity contribution >= 4 is 21.7 Å². The van der Waals surface area contributed by atoms with Crippen molar-refractivity contribution in [2.24, 2.45) is 0 Å². The zero-order valence-electron chi connectivity index (χ0n) is 10.0. The molecule has 0 unspecified atom stereocenters. The molecular weight excluding hydrogens is 278 g/mol. The van der Waals surface area contributed by atoms with Crippen LogP contribution in [0.15, 0.2) is 22.7 Å². The summed E-state index contributed by atoms with van der Waals surface area (Å²) in [5.74, 6) is 0.606. The van der Waals surface area contributed by atoms with Gasteiger partial charge in [-0.2, -0.15) is 5.10 Å². The Balaban J connectivity index is 2.52. The molecule has 0 fully saturated rings. The van der Waals surface area contributed by atoms with Crippen LogP contribution in [0.4, 0.5) is 5.82 Å². The molecule has 4 heteroatoms. The molecule has 0 spiro atoms. The van der Waals surface area contributed by atoms with Gasteiger partial charge in [0.2, 0.25) is 0 Å². The summed E-state index contributed by atoms with van der Waals surface area (Å²) in [6, 6.07) is 6.28. The lowest BCUT2D eigenvalue weighted by Gasteiger charge is -2.06. The number of hydrogen-bond acceptors (Lipinski definition) is 2. The maximum absolute atomic E-state index is 5.89. The molecule has 0 aliphatic heterocycles. The molecule has 0 aliphatic carbocycles. The number of nitrogens with two attached hydrogens (primary N) is 1. The van der Waals surface area contributed by atoms with E-state index in [1.165, 1.54) is 5.56 Å². The van der Waals surface area contributed by atoms with Gasteiger partial charge in [-0.3, -0.25) is 5.10 Å². The molecule has 2 aromatic rings. The zero-order chi connectivity index (χ0) is 12.4. The first-order valence-electron chi connectivity index (χ1n) is 5.72. The molecule has 0 bridgehead atoms.